The molecule has 2 aliphatic rings. The summed E-state index contributed by atoms with van der Waals surface area (Å²) in [6, 6.07) is 20.7. The molecular weight excluding hydrogens is 470 g/mol. The highest BCUT2D eigenvalue weighted by atomic mass is 16.5. The van der Waals surface area contributed by atoms with Crippen LogP contribution in [-0.4, -0.2) is 53.5 Å². The molecule has 0 N–H and O–H groups in total. The van der Waals surface area contributed by atoms with Crippen molar-refractivity contribution >= 4 is 5.91 Å². The third kappa shape index (κ3) is 6.27. The number of piperidine rings is 1. The van der Waals surface area contributed by atoms with Gasteiger partial charge in [0.15, 0.2) is 0 Å². The van der Waals surface area contributed by atoms with Crippen LogP contribution in [0, 0.1) is 19.3 Å². The first kappa shape index (κ1) is 26.4. The molecule has 1 saturated heterocycles. The fraction of sp³-hybridized carbons (Fsp3) is 0.455. The molecule has 3 aromatic rings. The van der Waals surface area contributed by atoms with Gasteiger partial charge in [-0.15, -0.1) is 0 Å². The Labute approximate surface area is 227 Å². The Balaban J connectivity index is 1.33. The molecule has 5 nitrogen and oxygen atoms in total. The minimum atomic E-state index is 0.185. The van der Waals surface area contributed by atoms with Crippen molar-refractivity contribution in [1.82, 2.24) is 14.8 Å². The lowest BCUT2D eigenvalue weighted by atomic mass is 9.73. The van der Waals surface area contributed by atoms with E-state index in [1.807, 2.05) is 24.4 Å². The summed E-state index contributed by atoms with van der Waals surface area (Å²) in [5, 5.41) is 0. The summed E-state index contributed by atoms with van der Waals surface area (Å²) in [6.45, 7) is 9.15. The van der Waals surface area contributed by atoms with Crippen LogP contribution < -0.4 is 4.74 Å². The Morgan fingerprint density at radius 3 is 2.55 bits per heavy atom. The molecule has 1 fully saturated rings. The Morgan fingerprint density at radius 1 is 0.921 bits per heavy atom. The maximum Gasteiger partial charge on any atom is 0.254 e. The van der Waals surface area contributed by atoms with E-state index >= 15 is 0 Å². The number of hydrogen-bond donors (Lipinski definition) is 0. The van der Waals surface area contributed by atoms with Crippen molar-refractivity contribution in [3.63, 3.8) is 0 Å². The molecule has 200 valence electrons. The van der Waals surface area contributed by atoms with Gasteiger partial charge >= 0.3 is 0 Å². The number of hydrogen-bond acceptors (Lipinski definition) is 4. The normalized spacial score (nSPS) is 18.6. The number of fused-ring (bicyclic) bond motifs is 1. The van der Waals surface area contributed by atoms with E-state index in [2.05, 4.69) is 71.1 Å². The molecule has 1 aromatic heterocycles. The molecule has 2 aliphatic heterocycles. The summed E-state index contributed by atoms with van der Waals surface area (Å²) >= 11 is 0. The van der Waals surface area contributed by atoms with Gasteiger partial charge in [-0.05, 0) is 92.3 Å². The van der Waals surface area contributed by atoms with Gasteiger partial charge in [-0.25, -0.2) is 0 Å². The summed E-state index contributed by atoms with van der Waals surface area (Å²) in [7, 11) is 0. The minimum Gasteiger partial charge on any atom is -0.492 e. The molecule has 3 heterocycles. The molecule has 38 heavy (non-hydrogen) atoms. The number of aryl methyl sites for hydroxylation is 2. The second-order valence-corrected chi connectivity index (χ2v) is 11.2. The summed E-state index contributed by atoms with van der Waals surface area (Å²) in [5.41, 5.74) is 5.74. The van der Waals surface area contributed by atoms with Crippen molar-refractivity contribution in [3.05, 3.63) is 94.8 Å². The second kappa shape index (κ2) is 12.1. The van der Waals surface area contributed by atoms with E-state index < -0.39 is 0 Å². The first-order valence-electron chi connectivity index (χ1n) is 14.2. The summed E-state index contributed by atoms with van der Waals surface area (Å²) in [4.78, 5) is 22.7. The van der Waals surface area contributed by atoms with Crippen LogP contribution in [0.5, 0.6) is 5.75 Å². The van der Waals surface area contributed by atoms with Gasteiger partial charge in [0.05, 0.1) is 5.69 Å². The zero-order valence-electron chi connectivity index (χ0n) is 23.0. The van der Waals surface area contributed by atoms with Gasteiger partial charge in [0, 0.05) is 44.5 Å². The van der Waals surface area contributed by atoms with Gasteiger partial charge in [-0.3, -0.25) is 14.7 Å². The van der Waals surface area contributed by atoms with Crippen LogP contribution in [0.25, 0.3) is 0 Å². The predicted molar refractivity (Wildman–Crippen MR) is 152 cm³/mol. The number of carbonyl (C=O) groups is 1. The molecule has 1 spiro atoms. The number of aromatic nitrogens is 1. The third-order valence-corrected chi connectivity index (χ3v) is 8.66. The Bertz CT molecular complexity index is 1220. The fourth-order valence-corrected chi connectivity index (χ4v) is 6.18. The summed E-state index contributed by atoms with van der Waals surface area (Å²) in [6.07, 6.45) is 8.57. The Hall–Kier alpha value is -3.18. The van der Waals surface area contributed by atoms with Crippen LogP contribution in [0.1, 0.15) is 64.8 Å². The number of rotatable bonds is 3. The topological polar surface area (TPSA) is 45.7 Å². The molecule has 0 unspecified atom stereocenters. The first-order chi connectivity index (χ1) is 18.5. The first-order valence-corrected chi connectivity index (χ1v) is 14.2. The number of benzene rings is 2. The third-order valence-electron chi connectivity index (χ3n) is 8.66. The smallest absolute Gasteiger partial charge is 0.254 e. The number of para-hydroxylation sites is 1. The quantitative estimate of drug-likeness (QED) is 0.418. The van der Waals surface area contributed by atoms with Crippen molar-refractivity contribution < 1.29 is 9.53 Å². The standard InChI is InChI=1S/C33H41N3O2/c1-26-10-9-14-30(27(26)2)32(37)36-20-17-33(18-21-36)16-7-5-12-28-11-3-4-15-31(28)38-23-22-35(25-33)24-29-13-6-8-19-34-29/h3-4,6,8-11,13-15,19H,5,7,12,16-18,20-25H2,1-2H3. The average Bonchev–Trinajstić information content (AvgIpc) is 2.93. The summed E-state index contributed by atoms with van der Waals surface area (Å²) in [5.74, 6) is 1.21. The molecule has 0 saturated carbocycles. The van der Waals surface area contributed by atoms with Gasteiger partial charge in [-0.2, -0.15) is 0 Å². The molecule has 0 bridgehead atoms. The predicted octanol–water partition coefficient (Wildman–Crippen LogP) is 6.23. The molecule has 1 amide bonds. The zero-order chi connectivity index (χ0) is 26.4. The van der Waals surface area contributed by atoms with Crippen LogP contribution in [0.3, 0.4) is 0 Å². The van der Waals surface area contributed by atoms with E-state index in [1.54, 1.807) is 0 Å². The highest BCUT2D eigenvalue weighted by Crippen LogP contribution is 2.39. The van der Waals surface area contributed by atoms with Crippen LogP contribution in [0.2, 0.25) is 0 Å². The van der Waals surface area contributed by atoms with E-state index in [1.165, 1.54) is 24.0 Å². The highest BCUT2D eigenvalue weighted by Gasteiger charge is 2.37. The van der Waals surface area contributed by atoms with Crippen LogP contribution >= 0.6 is 0 Å². The lowest BCUT2D eigenvalue weighted by molar-refractivity contribution is 0.0358. The van der Waals surface area contributed by atoms with Crippen LogP contribution in [-0.2, 0) is 13.0 Å². The lowest BCUT2D eigenvalue weighted by Crippen LogP contribution is -2.48. The van der Waals surface area contributed by atoms with Gasteiger partial charge in [-0.1, -0.05) is 42.8 Å². The fourth-order valence-electron chi connectivity index (χ4n) is 6.18. The number of carbonyl (C=O) groups excluding carboxylic acids is 1. The van der Waals surface area contributed by atoms with Gasteiger partial charge in [0.2, 0.25) is 0 Å². The van der Waals surface area contributed by atoms with Gasteiger partial charge in [0.25, 0.3) is 5.91 Å². The van der Waals surface area contributed by atoms with Crippen molar-refractivity contribution in [1.29, 1.82) is 0 Å². The Morgan fingerprint density at radius 2 is 1.74 bits per heavy atom. The SMILES string of the molecule is Cc1cccc(C(=O)N2CCC3(CCCCc4ccccc4OCCN(Cc4ccccn4)C3)CC2)c1C. The monoisotopic (exact) mass is 511 g/mol. The number of amides is 1. The highest BCUT2D eigenvalue weighted by molar-refractivity contribution is 5.96. The van der Waals surface area contributed by atoms with E-state index in [0.29, 0.717) is 6.61 Å². The molecule has 0 atom stereocenters. The zero-order valence-corrected chi connectivity index (χ0v) is 23.0. The van der Waals surface area contributed by atoms with Crippen molar-refractivity contribution in [2.24, 2.45) is 5.41 Å². The maximum atomic E-state index is 13.5. The lowest BCUT2D eigenvalue weighted by Gasteiger charge is -2.45. The largest absolute Gasteiger partial charge is 0.492 e. The van der Waals surface area contributed by atoms with E-state index in [-0.39, 0.29) is 11.3 Å². The maximum absolute atomic E-state index is 13.5. The minimum absolute atomic E-state index is 0.185. The van der Waals surface area contributed by atoms with Crippen molar-refractivity contribution in [2.45, 2.75) is 58.9 Å². The number of likely N-dealkylation sites (tertiary alicyclic amines) is 1. The van der Waals surface area contributed by atoms with Crippen LogP contribution in [0.4, 0.5) is 0 Å². The molecule has 0 radical (unpaired) electrons. The number of nitrogens with zero attached hydrogens (tertiary/aromatic N) is 3. The number of pyridine rings is 1. The molecule has 5 rings (SSSR count). The van der Waals surface area contributed by atoms with E-state index in [0.717, 1.165) is 81.0 Å². The van der Waals surface area contributed by atoms with Crippen molar-refractivity contribution in [3.8, 4) is 5.75 Å². The van der Waals surface area contributed by atoms with Crippen molar-refractivity contribution in [2.75, 3.05) is 32.8 Å². The Kier molecular flexibility index (Phi) is 8.43. The number of ether oxygens (including phenoxy) is 1. The van der Waals surface area contributed by atoms with Crippen LogP contribution in [0.15, 0.2) is 66.9 Å². The molecular formula is C33H41N3O2. The van der Waals surface area contributed by atoms with Gasteiger partial charge < -0.3 is 9.64 Å². The van der Waals surface area contributed by atoms with E-state index in [9.17, 15) is 4.79 Å². The molecule has 0 aliphatic carbocycles. The summed E-state index contributed by atoms with van der Waals surface area (Å²) < 4.78 is 6.31. The molecule has 5 heteroatoms. The van der Waals surface area contributed by atoms with E-state index in [4.69, 9.17) is 4.74 Å². The average molecular weight is 512 g/mol. The molecule has 2 aromatic carbocycles. The second-order valence-electron chi connectivity index (χ2n) is 11.2. The van der Waals surface area contributed by atoms with Gasteiger partial charge in [0.1, 0.15) is 12.4 Å².